The molecule has 0 unspecified atom stereocenters. The molecule has 0 saturated carbocycles. The maximum Gasteiger partial charge on any atom is 0.374 e. The van der Waals surface area contributed by atoms with Crippen LogP contribution in [-0.2, 0) is 11.3 Å². The summed E-state index contributed by atoms with van der Waals surface area (Å²) in [5.74, 6) is 0.547. The number of benzene rings is 1. The second-order valence-corrected chi connectivity index (χ2v) is 6.68. The minimum Gasteiger partial charge on any atom is -0.450 e. The molecule has 0 bridgehead atoms. The van der Waals surface area contributed by atoms with Crippen molar-refractivity contribution in [1.29, 1.82) is 0 Å². The number of thiophene rings is 1. The molecule has 0 spiro atoms. The number of ether oxygens (including phenoxy) is 1. The molecule has 8 heteroatoms. The first-order valence-electron chi connectivity index (χ1n) is 8.33. The SMILES string of the molecule is CC(=O)c1ccc(-c2ccc(C(=O)OCc3nc(-c4ccsc4)no3)o2)cc1. The van der Waals surface area contributed by atoms with Crippen molar-refractivity contribution in [2.75, 3.05) is 0 Å². The predicted molar refractivity (Wildman–Crippen MR) is 101 cm³/mol. The van der Waals surface area contributed by atoms with Gasteiger partial charge < -0.3 is 13.7 Å². The van der Waals surface area contributed by atoms with Gasteiger partial charge in [-0.2, -0.15) is 16.3 Å². The van der Waals surface area contributed by atoms with Crippen molar-refractivity contribution < 1.29 is 23.3 Å². The monoisotopic (exact) mass is 394 g/mol. The van der Waals surface area contributed by atoms with E-state index in [2.05, 4.69) is 10.1 Å². The lowest BCUT2D eigenvalue weighted by Crippen LogP contribution is -2.04. The molecule has 28 heavy (non-hydrogen) atoms. The first-order valence-corrected chi connectivity index (χ1v) is 9.28. The first-order chi connectivity index (χ1) is 13.6. The molecule has 3 aromatic heterocycles. The Bertz CT molecular complexity index is 1110. The number of furan rings is 1. The van der Waals surface area contributed by atoms with Gasteiger partial charge in [0.05, 0.1) is 0 Å². The van der Waals surface area contributed by atoms with Crippen LogP contribution in [0.2, 0.25) is 0 Å². The zero-order chi connectivity index (χ0) is 19.5. The third kappa shape index (κ3) is 3.77. The number of carbonyl (C=O) groups is 2. The lowest BCUT2D eigenvalue weighted by molar-refractivity contribution is 0.0394. The van der Waals surface area contributed by atoms with Crippen molar-refractivity contribution >= 4 is 23.1 Å². The second-order valence-electron chi connectivity index (χ2n) is 5.90. The maximum absolute atomic E-state index is 12.2. The number of Topliss-reactive ketones (excluding diaryl/α,β-unsaturated/α-hetero) is 1. The highest BCUT2D eigenvalue weighted by Gasteiger charge is 2.16. The lowest BCUT2D eigenvalue weighted by atomic mass is 10.1. The molecular weight excluding hydrogens is 380 g/mol. The van der Waals surface area contributed by atoms with E-state index < -0.39 is 5.97 Å². The summed E-state index contributed by atoms with van der Waals surface area (Å²) < 4.78 is 15.8. The average molecular weight is 394 g/mol. The summed E-state index contributed by atoms with van der Waals surface area (Å²) in [5.41, 5.74) is 2.20. The summed E-state index contributed by atoms with van der Waals surface area (Å²) in [4.78, 5) is 27.7. The number of carbonyl (C=O) groups excluding carboxylic acids is 2. The van der Waals surface area contributed by atoms with Crippen LogP contribution in [0.25, 0.3) is 22.7 Å². The van der Waals surface area contributed by atoms with Gasteiger partial charge in [-0.15, -0.1) is 0 Å². The molecule has 0 N–H and O–H groups in total. The van der Waals surface area contributed by atoms with Crippen LogP contribution >= 0.6 is 11.3 Å². The molecule has 0 fully saturated rings. The number of nitrogens with zero attached hydrogens (tertiary/aromatic N) is 2. The van der Waals surface area contributed by atoms with Crippen molar-refractivity contribution in [2.24, 2.45) is 0 Å². The van der Waals surface area contributed by atoms with Crippen molar-refractivity contribution in [2.45, 2.75) is 13.5 Å². The molecule has 4 aromatic rings. The minimum atomic E-state index is -0.637. The van der Waals surface area contributed by atoms with Crippen LogP contribution in [0.4, 0.5) is 0 Å². The lowest BCUT2D eigenvalue weighted by Gasteiger charge is -2.00. The standard InChI is InChI=1S/C20H14N2O5S/c1-12(23)13-2-4-14(5-3-13)16-6-7-17(26-16)20(24)25-10-18-21-19(22-27-18)15-8-9-28-11-15/h2-9,11H,10H2,1H3. The Hall–Kier alpha value is -3.52. The van der Waals surface area contributed by atoms with Crippen LogP contribution in [-0.4, -0.2) is 21.9 Å². The first kappa shape index (κ1) is 17.9. The Morgan fingerprint density at radius 3 is 2.61 bits per heavy atom. The number of rotatable bonds is 6. The molecular formula is C20H14N2O5S. The number of aromatic nitrogens is 2. The molecule has 0 aliphatic rings. The summed E-state index contributed by atoms with van der Waals surface area (Å²) >= 11 is 1.53. The topological polar surface area (TPSA) is 95.4 Å². The molecule has 4 rings (SSSR count). The quantitative estimate of drug-likeness (QED) is 0.348. The molecule has 140 valence electrons. The van der Waals surface area contributed by atoms with Crippen LogP contribution in [0.1, 0.15) is 33.7 Å². The fraction of sp³-hybridized carbons (Fsp3) is 0.100. The molecule has 0 amide bonds. The van der Waals surface area contributed by atoms with Gasteiger partial charge in [0.25, 0.3) is 5.89 Å². The number of ketones is 1. The zero-order valence-corrected chi connectivity index (χ0v) is 15.6. The van der Waals surface area contributed by atoms with E-state index in [1.807, 2.05) is 16.8 Å². The minimum absolute atomic E-state index is 0.0153. The normalized spacial score (nSPS) is 10.8. The molecule has 0 atom stereocenters. The second kappa shape index (κ2) is 7.61. The number of hydrogen-bond donors (Lipinski definition) is 0. The maximum atomic E-state index is 12.2. The van der Waals surface area contributed by atoms with E-state index in [4.69, 9.17) is 13.7 Å². The molecule has 0 saturated heterocycles. The molecule has 0 radical (unpaired) electrons. The van der Waals surface area contributed by atoms with E-state index in [0.717, 1.165) is 11.1 Å². The van der Waals surface area contributed by atoms with Crippen LogP contribution in [0, 0.1) is 0 Å². The van der Waals surface area contributed by atoms with Gasteiger partial charge >= 0.3 is 5.97 Å². The third-order valence-electron chi connectivity index (χ3n) is 3.96. The Morgan fingerprint density at radius 2 is 1.89 bits per heavy atom. The van der Waals surface area contributed by atoms with Gasteiger partial charge in [0.2, 0.25) is 11.6 Å². The van der Waals surface area contributed by atoms with Gasteiger partial charge in [0.1, 0.15) is 5.76 Å². The zero-order valence-electron chi connectivity index (χ0n) is 14.7. The van der Waals surface area contributed by atoms with Crippen LogP contribution < -0.4 is 0 Å². The Kier molecular flexibility index (Phi) is 4.86. The average Bonchev–Trinajstić information content (AvgIpc) is 3.47. The largest absolute Gasteiger partial charge is 0.450 e. The van der Waals surface area contributed by atoms with E-state index >= 15 is 0 Å². The van der Waals surface area contributed by atoms with E-state index in [-0.39, 0.29) is 24.0 Å². The Balaban J connectivity index is 1.40. The van der Waals surface area contributed by atoms with Gasteiger partial charge in [-0.3, -0.25) is 4.79 Å². The summed E-state index contributed by atoms with van der Waals surface area (Å²) in [7, 11) is 0. The van der Waals surface area contributed by atoms with Gasteiger partial charge in [-0.05, 0) is 30.5 Å². The Labute approximate surface area is 163 Å². The Morgan fingerprint density at radius 1 is 1.07 bits per heavy atom. The van der Waals surface area contributed by atoms with Gasteiger partial charge in [0.15, 0.2) is 12.4 Å². The smallest absolute Gasteiger partial charge is 0.374 e. The molecule has 3 heterocycles. The van der Waals surface area contributed by atoms with Crippen LogP contribution in [0.5, 0.6) is 0 Å². The van der Waals surface area contributed by atoms with Gasteiger partial charge in [0, 0.05) is 22.1 Å². The van der Waals surface area contributed by atoms with Crippen molar-refractivity contribution in [3.05, 3.63) is 70.4 Å². The number of esters is 1. The molecule has 0 aliphatic carbocycles. The van der Waals surface area contributed by atoms with Crippen molar-refractivity contribution in [1.82, 2.24) is 10.1 Å². The summed E-state index contributed by atoms with van der Waals surface area (Å²) in [6.07, 6.45) is 0. The highest BCUT2D eigenvalue weighted by Crippen LogP contribution is 2.24. The van der Waals surface area contributed by atoms with Crippen molar-refractivity contribution in [3.8, 4) is 22.7 Å². The molecule has 0 aliphatic heterocycles. The summed E-state index contributed by atoms with van der Waals surface area (Å²) in [6, 6.07) is 12.0. The number of hydrogen-bond acceptors (Lipinski definition) is 8. The summed E-state index contributed by atoms with van der Waals surface area (Å²) in [5, 5.41) is 7.66. The van der Waals surface area contributed by atoms with Gasteiger partial charge in [-0.1, -0.05) is 29.4 Å². The highest BCUT2D eigenvalue weighted by atomic mass is 32.1. The highest BCUT2D eigenvalue weighted by molar-refractivity contribution is 7.08. The predicted octanol–water partition coefficient (Wildman–Crippen LogP) is 4.62. The van der Waals surface area contributed by atoms with E-state index in [9.17, 15) is 9.59 Å². The van der Waals surface area contributed by atoms with E-state index in [1.165, 1.54) is 24.3 Å². The molecule has 1 aromatic carbocycles. The fourth-order valence-corrected chi connectivity index (χ4v) is 3.13. The van der Waals surface area contributed by atoms with Gasteiger partial charge in [-0.25, -0.2) is 4.79 Å². The third-order valence-corrected chi connectivity index (χ3v) is 4.64. The molecule has 7 nitrogen and oxygen atoms in total. The fourth-order valence-electron chi connectivity index (χ4n) is 2.49. The van der Waals surface area contributed by atoms with Crippen molar-refractivity contribution in [3.63, 3.8) is 0 Å². The summed E-state index contributed by atoms with van der Waals surface area (Å²) in [6.45, 7) is 1.35. The van der Waals surface area contributed by atoms with Crippen LogP contribution in [0.3, 0.4) is 0 Å². The van der Waals surface area contributed by atoms with Crippen LogP contribution in [0.15, 0.2) is 62.2 Å². The van der Waals surface area contributed by atoms with E-state index in [0.29, 0.717) is 17.1 Å². The van der Waals surface area contributed by atoms with E-state index in [1.54, 1.807) is 30.3 Å².